The number of benzene rings is 1. The second-order valence-electron chi connectivity index (χ2n) is 4.44. The Labute approximate surface area is 122 Å². The van der Waals surface area contributed by atoms with Crippen LogP contribution in [0.15, 0.2) is 48.8 Å². The van der Waals surface area contributed by atoms with E-state index < -0.39 is 6.04 Å². The molecule has 108 valence electrons. The monoisotopic (exact) mass is 284 g/mol. The molecule has 2 aromatic rings. The van der Waals surface area contributed by atoms with Crippen molar-refractivity contribution in [3.05, 3.63) is 60.2 Å². The molecule has 0 unspecified atom stereocenters. The molecular weight excluding hydrogens is 268 g/mol. The van der Waals surface area contributed by atoms with Crippen LogP contribution >= 0.6 is 0 Å². The summed E-state index contributed by atoms with van der Waals surface area (Å²) in [6.07, 6.45) is 3.06. The Morgan fingerprint density at radius 1 is 1.10 bits per heavy atom. The van der Waals surface area contributed by atoms with E-state index in [1.807, 2.05) is 30.3 Å². The quantitative estimate of drug-likeness (QED) is 0.857. The van der Waals surface area contributed by atoms with Gasteiger partial charge in [-0.3, -0.25) is 9.59 Å². The van der Waals surface area contributed by atoms with Crippen LogP contribution in [-0.2, 0) is 16.1 Å². The third-order valence-corrected chi connectivity index (χ3v) is 2.76. The first-order valence-corrected chi connectivity index (χ1v) is 6.52. The summed E-state index contributed by atoms with van der Waals surface area (Å²) in [6.45, 7) is 1.73. The summed E-state index contributed by atoms with van der Waals surface area (Å²) < 4.78 is 0. The first-order valence-electron chi connectivity index (χ1n) is 6.52. The molecule has 0 spiro atoms. The van der Waals surface area contributed by atoms with Gasteiger partial charge in [-0.2, -0.15) is 0 Å². The lowest BCUT2D eigenvalue weighted by atomic mass is 10.2. The third kappa shape index (κ3) is 4.38. The summed E-state index contributed by atoms with van der Waals surface area (Å²) in [4.78, 5) is 31.5. The summed E-state index contributed by atoms with van der Waals surface area (Å²) in [5.74, 6) is -0.402. The zero-order valence-electron chi connectivity index (χ0n) is 11.6. The van der Waals surface area contributed by atoms with Crippen molar-refractivity contribution < 1.29 is 9.59 Å². The van der Waals surface area contributed by atoms with Gasteiger partial charge < -0.3 is 10.6 Å². The van der Waals surface area contributed by atoms with E-state index in [9.17, 15) is 9.59 Å². The minimum absolute atomic E-state index is 0.262. The number of carbonyl (C=O) groups excluding carboxylic acids is 2. The molecule has 0 aliphatic heterocycles. The topological polar surface area (TPSA) is 84.0 Å². The van der Waals surface area contributed by atoms with Crippen molar-refractivity contribution in [1.82, 2.24) is 20.6 Å². The number of hydrogen-bond acceptors (Lipinski definition) is 4. The van der Waals surface area contributed by atoms with E-state index in [0.29, 0.717) is 6.54 Å². The van der Waals surface area contributed by atoms with Crippen LogP contribution in [0.25, 0.3) is 0 Å². The summed E-state index contributed by atoms with van der Waals surface area (Å²) in [6, 6.07) is 10.3. The molecule has 1 aromatic carbocycles. The van der Waals surface area contributed by atoms with Gasteiger partial charge in [0.05, 0.1) is 0 Å². The molecule has 21 heavy (non-hydrogen) atoms. The van der Waals surface area contributed by atoms with Crippen molar-refractivity contribution in [3.63, 3.8) is 0 Å². The lowest BCUT2D eigenvalue weighted by molar-refractivity contribution is -0.128. The molecule has 0 fully saturated rings. The van der Waals surface area contributed by atoms with Gasteiger partial charge in [0.1, 0.15) is 0 Å². The summed E-state index contributed by atoms with van der Waals surface area (Å²) >= 11 is 0. The lowest BCUT2D eigenvalue weighted by Crippen LogP contribution is -2.40. The van der Waals surface area contributed by atoms with Crippen LogP contribution in [0.3, 0.4) is 0 Å². The number of nitrogens with zero attached hydrogens (tertiary/aromatic N) is 2. The smallest absolute Gasteiger partial charge is 0.250 e. The molecule has 0 saturated carbocycles. The molecule has 0 aliphatic rings. The summed E-state index contributed by atoms with van der Waals surface area (Å²) in [5.41, 5.74) is 0.974. The van der Waals surface area contributed by atoms with Crippen molar-refractivity contribution in [3.8, 4) is 0 Å². The maximum absolute atomic E-state index is 12.2. The van der Waals surface area contributed by atoms with E-state index in [0.717, 1.165) is 5.56 Å². The molecule has 1 atom stereocenters. The van der Waals surface area contributed by atoms with E-state index in [4.69, 9.17) is 0 Å². The maximum atomic E-state index is 12.2. The van der Waals surface area contributed by atoms with Crippen LogP contribution in [0.5, 0.6) is 0 Å². The maximum Gasteiger partial charge on any atom is 0.250 e. The Hall–Kier alpha value is -2.76. The first-order chi connectivity index (χ1) is 10.2. The Kier molecular flexibility index (Phi) is 4.98. The molecule has 0 bridgehead atoms. The molecule has 2 amide bonds. The normalized spacial score (nSPS) is 11.5. The SMILES string of the molecule is CC(=O)N[C@@H](C(=O)NCc1ccccc1)c1ncccn1. The minimum Gasteiger partial charge on any atom is -0.350 e. The van der Waals surface area contributed by atoms with Crippen LogP contribution in [0.2, 0.25) is 0 Å². The number of nitrogens with one attached hydrogen (secondary N) is 2. The van der Waals surface area contributed by atoms with Crippen LogP contribution in [0.4, 0.5) is 0 Å². The van der Waals surface area contributed by atoms with Crippen molar-refractivity contribution in [2.75, 3.05) is 0 Å². The highest BCUT2D eigenvalue weighted by atomic mass is 16.2. The van der Waals surface area contributed by atoms with Crippen LogP contribution in [-0.4, -0.2) is 21.8 Å². The number of carbonyl (C=O) groups is 2. The largest absolute Gasteiger partial charge is 0.350 e. The van der Waals surface area contributed by atoms with Gasteiger partial charge in [0.25, 0.3) is 5.91 Å². The second kappa shape index (κ2) is 7.14. The predicted octanol–water partition coefficient (Wildman–Crippen LogP) is 0.970. The van der Waals surface area contributed by atoms with Crippen LogP contribution < -0.4 is 10.6 Å². The highest BCUT2D eigenvalue weighted by molar-refractivity contribution is 5.87. The zero-order chi connectivity index (χ0) is 15.1. The molecule has 0 radical (unpaired) electrons. The molecular formula is C15H16N4O2. The Morgan fingerprint density at radius 2 is 1.76 bits per heavy atom. The fraction of sp³-hybridized carbons (Fsp3) is 0.200. The number of hydrogen-bond donors (Lipinski definition) is 2. The number of aromatic nitrogens is 2. The zero-order valence-corrected chi connectivity index (χ0v) is 11.6. The summed E-state index contributed by atoms with van der Waals surface area (Å²) in [5, 5.41) is 5.33. The van der Waals surface area contributed by atoms with Gasteiger partial charge in [0.15, 0.2) is 11.9 Å². The average molecular weight is 284 g/mol. The van der Waals surface area contributed by atoms with Crippen molar-refractivity contribution in [2.24, 2.45) is 0 Å². The van der Waals surface area contributed by atoms with E-state index in [1.54, 1.807) is 6.07 Å². The highest BCUT2D eigenvalue weighted by Crippen LogP contribution is 2.07. The first kappa shape index (κ1) is 14.6. The second-order valence-corrected chi connectivity index (χ2v) is 4.44. The molecule has 6 nitrogen and oxygen atoms in total. The van der Waals surface area contributed by atoms with Crippen LogP contribution in [0.1, 0.15) is 24.4 Å². The van der Waals surface area contributed by atoms with Crippen molar-refractivity contribution >= 4 is 11.8 Å². The average Bonchev–Trinajstić information content (AvgIpc) is 2.52. The van der Waals surface area contributed by atoms with Gasteiger partial charge in [-0.15, -0.1) is 0 Å². The Morgan fingerprint density at radius 3 is 2.38 bits per heavy atom. The van der Waals surface area contributed by atoms with E-state index in [-0.39, 0.29) is 17.6 Å². The van der Waals surface area contributed by atoms with Crippen molar-refractivity contribution in [2.45, 2.75) is 19.5 Å². The standard InChI is InChI=1S/C15H16N4O2/c1-11(20)19-13(14-16-8-5-9-17-14)15(21)18-10-12-6-3-2-4-7-12/h2-9,13H,10H2,1H3,(H,18,21)(H,19,20)/t13-/m1/s1. The van der Waals surface area contributed by atoms with E-state index >= 15 is 0 Å². The molecule has 1 aromatic heterocycles. The van der Waals surface area contributed by atoms with Crippen molar-refractivity contribution in [1.29, 1.82) is 0 Å². The molecule has 0 saturated heterocycles. The number of amides is 2. The van der Waals surface area contributed by atoms with Gasteiger partial charge in [-0.1, -0.05) is 30.3 Å². The Bertz CT molecular complexity index is 602. The predicted molar refractivity (Wildman–Crippen MR) is 76.9 cm³/mol. The van der Waals surface area contributed by atoms with E-state index in [1.165, 1.54) is 19.3 Å². The van der Waals surface area contributed by atoms with Gasteiger partial charge in [-0.05, 0) is 11.6 Å². The third-order valence-electron chi connectivity index (χ3n) is 2.76. The van der Waals surface area contributed by atoms with E-state index in [2.05, 4.69) is 20.6 Å². The summed E-state index contributed by atoms with van der Waals surface area (Å²) in [7, 11) is 0. The fourth-order valence-corrected chi connectivity index (χ4v) is 1.80. The van der Waals surface area contributed by atoms with Gasteiger partial charge >= 0.3 is 0 Å². The van der Waals surface area contributed by atoms with Crippen LogP contribution in [0, 0.1) is 0 Å². The lowest BCUT2D eigenvalue weighted by Gasteiger charge is -2.16. The Balaban J connectivity index is 2.06. The molecule has 2 N–H and O–H groups in total. The highest BCUT2D eigenvalue weighted by Gasteiger charge is 2.23. The fourth-order valence-electron chi connectivity index (χ4n) is 1.80. The number of rotatable bonds is 5. The van der Waals surface area contributed by atoms with Gasteiger partial charge in [-0.25, -0.2) is 9.97 Å². The molecule has 0 aliphatic carbocycles. The van der Waals surface area contributed by atoms with Gasteiger partial charge in [0.2, 0.25) is 5.91 Å². The molecule has 6 heteroatoms. The molecule has 1 heterocycles. The van der Waals surface area contributed by atoms with Gasteiger partial charge in [0, 0.05) is 25.9 Å². The minimum atomic E-state index is -0.896. The molecule has 2 rings (SSSR count).